The largest absolute Gasteiger partial charge is 0.309 e. The SMILES string of the molecule is c1ccc(-c2c(N3c4ccccc4-c4ccccc4-c4ccccc43)cccc2N2c3ccccc3-c3ccccc3-c3ccccc32)cc1. The van der Waals surface area contributed by atoms with Crippen molar-refractivity contribution < 1.29 is 0 Å². The first-order chi connectivity index (χ1) is 24.9. The molecule has 2 aliphatic rings. The number of nitrogens with zero attached hydrogens (tertiary/aromatic N) is 2. The molecule has 0 radical (unpaired) electrons. The summed E-state index contributed by atoms with van der Waals surface area (Å²) in [5.74, 6) is 0. The van der Waals surface area contributed by atoms with Gasteiger partial charge in [-0.15, -0.1) is 0 Å². The summed E-state index contributed by atoms with van der Waals surface area (Å²) in [6.07, 6.45) is 0. The third kappa shape index (κ3) is 4.29. The van der Waals surface area contributed by atoms with Crippen LogP contribution in [0, 0.1) is 0 Å². The fourth-order valence-corrected chi connectivity index (χ4v) is 8.07. The zero-order valence-electron chi connectivity index (χ0n) is 27.4. The average Bonchev–Trinajstić information content (AvgIpc) is 3.40. The number of hydrogen-bond donors (Lipinski definition) is 0. The average molecular weight is 637 g/mol. The van der Waals surface area contributed by atoms with Gasteiger partial charge in [-0.25, -0.2) is 0 Å². The van der Waals surface area contributed by atoms with Gasteiger partial charge in [0.1, 0.15) is 0 Å². The van der Waals surface area contributed by atoms with Crippen LogP contribution in [0.2, 0.25) is 0 Å². The Morgan fingerprint density at radius 3 is 0.800 bits per heavy atom. The molecule has 2 nitrogen and oxygen atoms in total. The predicted octanol–water partition coefficient (Wildman–Crippen LogP) is 13.6. The van der Waals surface area contributed by atoms with Crippen molar-refractivity contribution in [2.75, 3.05) is 9.80 Å². The van der Waals surface area contributed by atoms with E-state index in [1.807, 2.05) is 0 Å². The summed E-state index contributed by atoms with van der Waals surface area (Å²) >= 11 is 0. The van der Waals surface area contributed by atoms with Crippen LogP contribution >= 0.6 is 0 Å². The van der Waals surface area contributed by atoms with E-state index in [9.17, 15) is 0 Å². The van der Waals surface area contributed by atoms with Crippen molar-refractivity contribution in [2.24, 2.45) is 0 Å². The highest BCUT2D eigenvalue weighted by Gasteiger charge is 2.31. The van der Waals surface area contributed by atoms with Crippen LogP contribution in [0.15, 0.2) is 194 Å². The van der Waals surface area contributed by atoms with Gasteiger partial charge in [0.15, 0.2) is 0 Å². The highest BCUT2D eigenvalue weighted by atomic mass is 15.2. The summed E-state index contributed by atoms with van der Waals surface area (Å²) in [5.41, 5.74) is 19.0. The maximum atomic E-state index is 2.49. The van der Waals surface area contributed by atoms with Crippen LogP contribution in [0.1, 0.15) is 0 Å². The lowest BCUT2D eigenvalue weighted by molar-refractivity contribution is 1.26. The quantitative estimate of drug-likeness (QED) is 0.190. The number of fused-ring (bicyclic) bond motifs is 10. The molecule has 0 amide bonds. The molecule has 234 valence electrons. The molecule has 10 rings (SSSR count). The van der Waals surface area contributed by atoms with Crippen LogP contribution in [0.3, 0.4) is 0 Å². The highest BCUT2D eigenvalue weighted by Crippen LogP contribution is 2.57. The minimum atomic E-state index is 1.12. The maximum absolute atomic E-state index is 2.49. The molecular weight excluding hydrogens is 605 g/mol. The van der Waals surface area contributed by atoms with Gasteiger partial charge in [0, 0.05) is 27.8 Å². The monoisotopic (exact) mass is 636 g/mol. The molecule has 0 bridgehead atoms. The van der Waals surface area contributed by atoms with Crippen molar-refractivity contribution in [3.05, 3.63) is 194 Å². The van der Waals surface area contributed by atoms with E-state index in [0.717, 1.165) is 39.7 Å². The Kier molecular flexibility index (Phi) is 6.53. The molecule has 0 saturated carbocycles. The number of para-hydroxylation sites is 4. The standard InChI is InChI=1S/C48H32N2/c1-2-17-33(18-3-1)48-46(49-42-27-12-8-23-38(42)34-19-4-5-20-35(34)39-24-9-13-28-43(39)49)31-16-32-47(48)50-44-29-14-10-25-40(44)36-21-6-7-22-37(36)41-26-11-15-30-45(41)50/h1-32H. The van der Waals surface area contributed by atoms with Crippen LogP contribution in [0.5, 0.6) is 0 Å². The molecule has 0 aliphatic carbocycles. The highest BCUT2D eigenvalue weighted by molar-refractivity contribution is 6.09. The summed E-state index contributed by atoms with van der Waals surface area (Å²) in [5, 5.41) is 0. The van der Waals surface area contributed by atoms with Gasteiger partial charge in [0.25, 0.3) is 0 Å². The molecule has 8 aromatic carbocycles. The molecule has 0 atom stereocenters. The lowest BCUT2D eigenvalue weighted by atomic mass is 9.95. The second kappa shape index (κ2) is 11.5. The Hall–Kier alpha value is -6.64. The first-order valence-electron chi connectivity index (χ1n) is 17.2. The lowest BCUT2D eigenvalue weighted by Crippen LogP contribution is -2.16. The maximum Gasteiger partial charge on any atom is 0.0561 e. The third-order valence-corrected chi connectivity index (χ3v) is 10.2. The van der Waals surface area contributed by atoms with Gasteiger partial charge in [-0.2, -0.15) is 0 Å². The van der Waals surface area contributed by atoms with E-state index in [0.29, 0.717) is 0 Å². The zero-order valence-corrected chi connectivity index (χ0v) is 27.4. The third-order valence-electron chi connectivity index (χ3n) is 10.2. The van der Waals surface area contributed by atoms with E-state index in [4.69, 9.17) is 0 Å². The van der Waals surface area contributed by atoms with Gasteiger partial charge in [-0.05, 0) is 64.2 Å². The fraction of sp³-hybridized carbons (Fsp3) is 0. The Morgan fingerprint density at radius 1 is 0.200 bits per heavy atom. The van der Waals surface area contributed by atoms with E-state index < -0.39 is 0 Å². The van der Waals surface area contributed by atoms with Crippen LogP contribution in [0.25, 0.3) is 55.6 Å². The van der Waals surface area contributed by atoms with Crippen LogP contribution in [0.4, 0.5) is 34.1 Å². The minimum Gasteiger partial charge on any atom is -0.309 e. The van der Waals surface area contributed by atoms with Crippen molar-refractivity contribution in [3.8, 4) is 55.6 Å². The molecular formula is C48H32N2. The first-order valence-corrected chi connectivity index (χ1v) is 17.2. The smallest absolute Gasteiger partial charge is 0.0561 e. The molecule has 0 N–H and O–H groups in total. The molecule has 8 aromatic rings. The molecule has 0 unspecified atom stereocenters. The summed E-state index contributed by atoms with van der Waals surface area (Å²) in [6.45, 7) is 0. The summed E-state index contributed by atoms with van der Waals surface area (Å²) < 4.78 is 0. The van der Waals surface area contributed by atoms with Gasteiger partial charge in [0.05, 0.1) is 34.1 Å². The van der Waals surface area contributed by atoms with E-state index in [1.165, 1.54) is 50.1 Å². The Bertz CT molecular complexity index is 2280. The normalized spacial score (nSPS) is 12.3. The number of benzene rings is 8. The van der Waals surface area contributed by atoms with Crippen molar-refractivity contribution in [1.29, 1.82) is 0 Å². The molecule has 2 heteroatoms. The van der Waals surface area contributed by atoms with Crippen LogP contribution < -0.4 is 9.80 Å². The Morgan fingerprint density at radius 2 is 0.460 bits per heavy atom. The van der Waals surface area contributed by atoms with Gasteiger partial charge in [-0.3, -0.25) is 0 Å². The molecule has 0 fully saturated rings. The summed E-state index contributed by atoms with van der Waals surface area (Å²) in [7, 11) is 0. The number of anilines is 6. The molecule has 0 spiro atoms. The van der Waals surface area contributed by atoms with Gasteiger partial charge >= 0.3 is 0 Å². The lowest BCUT2D eigenvalue weighted by Gasteiger charge is -2.34. The van der Waals surface area contributed by atoms with Gasteiger partial charge < -0.3 is 9.80 Å². The first kappa shape index (κ1) is 28.4. The van der Waals surface area contributed by atoms with Gasteiger partial charge in [-0.1, -0.05) is 158 Å². The van der Waals surface area contributed by atoms with Crippen LogP contribution in [-0.4, -0.2) is 0 Å². The Balaban J connectivity index is 1.32. The number of hydrogen-bond acceptors (Lipinski definition) is 2. The topological polar surface area (TPSA) is 6.48 Å². The Labute approximate surface area is 292 Å². The van der Waals surface area contributed by atoms with Crippen molar-refractivity contribution in [2.45, 2.75) is 0 Å². The van der Waals surface area contributed by atoms with E-state index >= 15 is 0 Å². The predicted molar refractivity (Wildman–Crippen MR) is 210 cm³/mol. The molecule has 50 heavy (non-hydrogen) atoms. The summed E-state index contributed by atoms with van der Waals surface area (Å²) in [4.78, 5) is 4.97. The van der Waals surface area contributed by atoms with Crippen molar-refractivity contribution >= 4 is 34.1 Å². The molecule has 2 heterocycles. The second-order valence-electron chi connectivity index (χ2n) is 12.9. The van der Waals surface area contributed by atoms with Crippen LogP contribution in [-0.2, 0) is 0 Å². The van der Waals surface area contributed by atoms with E-state index in [2.05, 4.69) is 204 Å². The van der Waals surface area contributed by atoms with E-state index in [1.54, 1.807) is 0 Å². The fourth-order valence-electron chi connectivity index (χ4n) is 8.07. The zero-order chi connectivity index (χ0) is 33.0. The van der Waals surface area contributed by atoms with Gasteiger partial charge in [0.2, 0.25) is 0 Å². The molecule has 0 saturated heterocycles. The molecule has 2 aliphatic heterocycles. The van der Waals surface area contributed by atoms with Crippen molar-refractivity contribution in [1.82, 2.24) is 0 Å². The number of rotatable bonds is 3. The molecule has 0 aromatic heterocycles. The second-order valence-corrected chi connectivity index (χ2v) is 12.9. The summed E-state index contributed by atoms with van der Waals surface area (Å²) in [6, 6.07) is 70.7. The van der Waals surface area contributed by atoms with E-state index in [-0.39, 0.29) is 0 Å². The van der Waals surface area contributed by atoms with Crippen molar-refractivity contribution in [3.63, 3.8) is 0 Å². The minimum absolute atomic E-state index is 1.12.